The number of nitrogens with one attached hydrogen (secondary N) is 1. The number of aromatic nitrogens is 1. The maximum absolute atomic E-state index is 6.30. The molecule has 0 spiro atoms. The van der Waals surface area contributed by atoms with E-state index < -0.39 is 6.17 Å². The van der Waals surface area contributed by atoms with Crippen LogP contribution in [0.15, 0.2) is 172 Å². The molecule has 6 heteroatoms. The highest BCUT2D eigenvalue weighted by Gasteiger charge is 2.27. The Labute approximate surface area is 296 Å². The molecular weight excluding hydrogens is 645 g/mol. The van der Waals surface area contributed by atoms with Gasteiger partial charge in [-0.25, -0.2) is 9.98 Å². The second kappa shape index (κ2) is 11.0. The Bertz CT molecular complexity index is 3070. The van der Waals surface area contributed by atoms with Crippen LogP contribution in [0.4, 0.5) is 0 Å². The fraction of sp³-hybridized carbons (Fsp3) is 0.0222. The van der Waals surface area contributed by atoms with Crippen LogP contribution >= 0.6 is 11.3 Å². The monoisotopic (exact) mass is 672 g/mol. The number of hydrogen-bond donors (Lipinski definition) is 1. The number of amidine groups is 2. The van der Waals surface area contributed by atoms with Gasteiger partial charge in [-0.05, 0) is 36.4 Å². The lowest BCUT2D eigenvalue weighted by molar-refractivity contribution is 0.669. The summed E-state index contributed by atoms with van der Waals surface area (Å²) in [4.78, 5) is 10.8. The molecular formula is C45H28N4OS. The number of nitrogens with zero attached hydrogens (tertiary/aromatic N) is 3. The normalized spacial score (nSPS) is 14.9. The van der Waals surface area contributed by atoms with Crippen molar-refractivity contribution in [1.82, 2.24) is 9.88 Å². The summed E-state index contributed by atoms with van der Waals surface area (Å²) in [5.74, 6) is 1.54. The molecule has 0 saturated heterocycles. The number of hydrogen-bond acceptors (Lipinski definition) is 5. The molecule has 0 aliphatic carbocycles. The van der Waals surface area contributed by atoms with Gasteiger partial charge in [0.2, 0.25) is 0 Å². The minimum absolute atomic E-state index is 0.518. The van der Waals surface area contributed by atoms with Gasteiger partial charge in [0.1, 0.15) is 22.8 Å². The third-order valence-electron chi connectivity index (χ3n) is 10.1. The summed E-state index contributed by atoms with van der Waals surface area (Å²) in [7, 11) is 0. The van der Waals surface area contributed by atoms with Crippen LogP contribution in [-0.2, 0) is 0 Å². The maximum Gasteiger partial charge on any atom is 0.171 e. The number of furan rings is 1. The van der Waals surface area contributed by atoms with Gasteiger partial charge in [0.05, 0.1) is 16.7 Å². The molecule has 1 N–H and O–H groups in total. The molecule has 0 bridgehead atoms. The fourth-order valence-corrected chi connectivity index (χ4v) is 8.97. The summed E-state index contributed by atoms with van der Waals surface area (Å²) in [6.45, 7) is 0. The smallest absolute Gasteiger partial charge is 0.171 e. The lowest BCUT2D eigenvalue weighted by Crippen LogP contribution is -2.36. The Balaban J connectivity index is 1.20. The first kappa shape index (κ1) is 28.3. The van der Waals surface area contributed by atoms with Crippen molar-refractivity contribution in [3.05, 3.63) is 174 Å². The van der Waals surface area contributed by atoms with Crippen molar-refractivity contribution in [3.63, 3.8) is 0 Å². The van der Waals surface area contributed by atoms with E-state index in [9.17, 15) is 0 Å². The van der Waals surface area contributed by atoms with E-state index in [1.54, 1.807) is 0 Å². The number of aliphatic imine (C=N–C) groups is 2. The summed E-state index contributed by atoms with van der Waals surface area (Å²) >= 11 is 1.85. The van der Waals surface area contributed by atoms with E-state index in [1.165, 1.54) is 36.5 Å². The molecule has 11 rings (SSSR count). The van der Waals surface area contributed by atoms with E-state index in [-0.39, 0.29) is 0 Å². The molecule has 5 nitrogen and oxygen atoms in total. The van der Waals surface area contributed by atoms with Crippen LogP contribution in [0.3, 0.4) is 0 Å². The Morgan fingerprint density at radius 1 is 0.529 bits per heavy atom. The van der Waals surface area contributed by atoms with E-state index in [0.717, 1.165) is 61.5 Å². The van der Waals surface area contributed by atoms with Crippen LogP contribution in [0.2, 0.25) is 0 Å². The first-order valence-corrected chi connectivity index (χ1v) is 17.9. The van der Waals surface area contributed by atoms with Gasteiger partial charge in [0.25, 0.3) is 0 Å². The van der Waals surface area contributed by atoms with Gasteiger partial charge in [0.15, 0.2) is 6.17 Å². The number of benzene rings is 7. The molecule has 3 aromatic heterocycles. The molecule has 0 saturated carbocycles. The molecule has 7 aromatic carbocycles. The van der Waals surface area contributed by atoms with Crippen molar-refractivity contribution < 1.29 is 4.42 Å². The van der Waals surface area contributed by atoms with Gasteiger partial charge in [-0.1, -0.05) is 121 Å². The SMILES string of the molecule is c1ccc(C2=NC(c3ccccc3-n3c4ccccc4c4ccc5sc6ccccc6c5c43)N=C(c3cccc4oc5ccccc5c34)N2)cc1. The lowest BCUT2D eigenvalue weighted by atomic mass is 10.0. The average molecular weight is 673 g/mol. The fourth-order valence-electron chi connectivity index (χ4n) is 7.87. The summed E-state index contributed by atoms with van der Waals surface area (Å²) < 4.78 is 11.3. The van der Waals surface area contributed by atoms with Crippen LogP contribution < -0.4 is 5.32 Å². The van der Waals surface area contributed by atoms with E-state index in [4.69, 9.17) is 14.4 Å². The third-order valence-corrected chi connectivity index (χ3v) is 11.2. The minimum atomic E-state index is -0.518. The zero-order valence-electron chi connectivity index (χ0n) is 27.2. The van der Waals surface area contributed by atoms with Crippen LogP contribution in [0, 0.1) is 0 Å². The Morgan fingerprint density at radius 3 is 2.18 bits per heavy atom. The first-order valence-electron chi connectivity index (χ1n) is 17.1. The van der Waals surface area contributed by atoms with Crippen LogP contribution in [0.1, 0.15) is 22.9 Å². The van der Waals surface area contributed by atoms with Gasteiger partial charge < -0.3 is 14.3 Å². The average Bonchev–Trinajstić information content (AvgIpc) is 3.87. The highest BCUT2D eigenvalue weighted by Crippen LogP contribution is 2.44. The molecule has 1 aliphatic rings. The lowest BCUT2D eigenvalue weighted by Gasteiger charge is -2.24. The molecule has 0 radical (unpaired) electrons. The van der Waals surface area contributed by atoms with E-state index >= 15 is 0 Å². The Kier molecular flexibility index (Phi) is 6.12. The van der Waals surface area contributed by atoms with Crippen LogP contribution in [0.5, 0.6) is 0 Å². The predicted octanol–water partition coefficient (Wildman–Crippen LogP) is 11.5. The van der Waals surface area contributed by atoms with Gasteiger partial charge in [0, 0.05) is 58.4 Å². The highest BCUT2D eigenvalue weighted by atomic mass is 32.1. The Hall–Kier alpha value is -6.50. The Morgan fingerprint density at radius 2 is 1.25 bits per heavy atom. The molecule has 4 heterocycles. The van der Waals surface area contributed by atoms with Gasteiger partial charge in [-0.15, -0.1) is 11.3 Å². The van der Waals surface area contributed by atoms with Crippen molar-refractivity contribution in [3.8, 4) is 5.69 Å². The summed E-state index contributed by atoms with van der Waals surface area (Å²) in [5.41, 5.74) is 8.11. The van der Waals surface area contributed by atoms with Crippen LogP contribution in [0.25, 0.3) is 69.6 Å². The molecule has 240 valence electrons. The molecule has 0 amide bonds. The third kappa shape index (κ3) is 4.27. The number of fused-ring (bicyclic) bond motifs is 10. The molecule has 1 unspecified atom stereocenters. The van der Waals surface area contributed by atoms with Crippen molar-refractivity contribution >= 4 is 86.9 Å². The zero-order chi connectivity index (χ0) is 33.5. The van der Waals surface area contributed by atoms with Gasteiger partial charge in [-0.3, -0.25) is 0 Å². The highest BCUT2D eigenvalue weighted by molar-refractivity contribution is 7.26. The van der Waals surface area contributed by atoms with E-state index in [1.807, 2.05) is 53.8 Å². The number of rotatable bonds is 4. The van der Waals surface area contributed by atoms with Crippen molar-refractivity contribution in [2.45, 2.75) is 6.17 Å². The number of para-hydroxylation sites is 3. The predicted molar refractivity (Wildman–Crippen MR) is 213 cm³/mol. The summed E-state index contributed by atoms with van der Waals surface area (Å²) in [5, 5.41) is 10.7. The van der Waals surface area contributed by atoms with Crippen molar-refractivity contribution in [2.75, 3.05) is 0 Å². The maximum atomic E-state index is 6.30. The quantitative estimate of drug-likeness (QED) is 0.202. The topological polar surface area (TPSA) is 54.8 Å². The molecule has 1 atom stereocenters. The first-order chi connectivity index (χ1) is 25.3. The summed E-state index contributed by atoms with van der Waals surface area (Å²) in [6.07, 6.45) is -0.518. The van der Waals surface area contributed by atoms with E-state index in [2.05, 4.69) is 125 Å². The standard InChI is InChI=1S/C45H28N4OS/c1-2-13-27(14-3-1)43-46-44(48-45(47-43)33-19-12-23-37-40(33)31-17-6-10-22-36(31)50-37)30-16-5-9-21-35(30)49-34-20-8-4-15-28(34)29-25-26-39-41(42(29)49)32-18-7-11-24-38(32)51-39/h1-26,44H,(H,46,47,48). The largest absolute Gasteiger partial charge is 0.456 e. The molecule has 51 heavy (non-hydrogen) atoms. The van der Waals surface area contributed by atoms with Gasteiger partial charge >= 0.3 is 0 Å². The van der Waals surface area contributed by atoms with Gasteiger partial charge in [-0.2, -0.15) is 0 Å². The number of thiophene rings is 1. The van der Waals surface area contributed by atoms with Crippen LogP contribution in [-0.4, -0.2) is 16.2 Å². The minimum Gasteiger partial charge on any atom is -0.456 e. The van der Waals surface area contributed by atoms with Crippen molar-refractivity contribution in [2.24, 2.45) is 9.98 Å². The second-order valence-electron chi connectivity index (χ2n) is 12.9. The molecule has 0 fully saturated rings. The second-order valence-corrected chi connectivity index (χ2v) is 14.0. The summed E-state index contributed by atoms with van der Waals surface area (Å²) in [6, 6.07) is 55.4. The molecule has 10 aromatic rings. The molecule has 1 aliphatic heterocycles. The van der Waals surface area contributed by atoms with Crippen molar-refractivity contribution in [1.29, 1.82) is 0 Å². The zero-order valence-corrected chi connectivity index (χ0v) is 28.1. The van der Waals surface area contributed by atoms with E-state index in [0.29, 0.717) is 0 Å².